The minimum atomic E-state index is -4.51. The standard InChI is InChI=1S/C15H17F3N4O4/c16-15(17,18)9-19-14(24)12-6-3-7-21(12)8-13(23)20-10-4-1-2-5-11(10)22(25)26/h1-2,4-5,12H,3,6-9H2,(H,19,24)(H,20,23)/t12-/m1/s1. The molecular weight excluding hydrogens is 357 g/mol. The van der Waals surface area contributed by atoms with Crippen molar-refractivity contribution in [2.75, 3.05) is 25.0 Å². The SMILES string of the molecule is O=C(CN1CCC[C@@H]1C(=O)NCC(F)(F)F)Nc1ccccc1[N+](=O)[O-]. The number of nitro benzene ring substituents is 1. The molecular formula is C15H17F3N4O4. The highest BCUT2D eigenvalue weighted by Crippen LogP contribution is 2.24. The molecule has 1 aliphatic rings. The van der Waals surface area contributed by atoms with Gasteiger partial charge in [-0.25, -0.2) is 0 Å². The van der Waals surface area contributed by atoms with Gasteiger partial charge < -0.3 is 10.6 Å². The number of hydrogen-bond acceptors (Lipinski definition) is 5. The molecule has 2 amide bonds. The van der Waals surface area contributed by atoms with E-state index in [-0.39, 0.29) is 17.9 Å². The number of rotatable bonds is 6. The van der Waals surface area contributed by atoms with Crippen molar-refractivity contribution in [1.82, 2.24) is 10.2 Å². The van der Waals surface area contributed by atoms with Gasteiger partial charge in [0.25, 0.3) is 5.69 Å². The molecule has 2 rings (SSSR count). The highest BCUT2D eigenvalue weighted by molar-refractivity contribution is 5.95. The van der Waals surface area contributed by atoms with Crippen LogP contribution in [0.3, 0.4) is 0 Å². The number of hydrogen-bond donors (Lipinski definition) is 2. The van der Waals surface area contributed by atoms with E-state index < -0.39 is 35.5 Å². The Hall–Kier alpha value is -2.69. The summed E-state index contributed by atoms with van der Waals surface area (Å²) in [4.78, 5) is 35.8. The second kappa shape index (κ2) is 8.13. The lowest BCUT2D eigenvalue weighted by atomic mass is 10.2. The summed E-state index contributed by atoms with van der Waals surface area (Å²) in [7, 11) is 0. The number of para-hydroxylation sites is 2. The van der Waals surface area contributed by atoms with Gasteiger partial charge in [0, 0.05) is 6.07 Å². The maximum absolute atomic E-state index is 12.2. The number of amides is 2. The summed E-state index contributed by atoms with van der Waals surface area (Å²) < 4.78 is 36.6. The Kier molecular flexibility index (Phi) is 6.14. The second-order valence-corrected chi connectivity index (χ2v) is 5.78. The third-order valence-corrected chi connectivity index (χ3v) is 3.85. The molecule has 1 heterocycles. The molecule has 1 aliphatic heterocycles. The second-order valence-electron chi connectivity index (χ2n) is 5.78. The molecule has 0 radical (unpaired) electrons. The number of nitrogens with one attached hydrogen (secondary N) is 2. The molecule has 8 nitrogen and oxygen atoms in total. The van der Waals surface area contributed by atoms with Crippen molar-refractivity contribution in [1.29, 1.82) is 0 Å². The fourth-order valence-corrected chi connectivity index (χ4v) is 2.73. The molecule has 0 aromatic heterocycles. The van der Waals surface area contributed by atoms with E-state index in [9.17, 15) is 32.9 Å². The van der Waals surface area contributed by atoms with Crippen molar-refractivity contribution in [2.45, 2.75) is 25.1 Å². The predicted octanol–water partition coefficient (Wildman–Crippen LogP) is 1.68. The highest BCUT2D eigenvalue weighted by atomic mass is 19.4. The van der Waals surface area contributed by atoms with Crippen LogP contribution in [0.4, 0.5) is 24.5 Å². The lowest BCUT2D eigenvalue weighted by molar-refractivity contribution is -0.383. The smallest absolute Gasteiger partial charge is 0.346 e. The normalized spacial score (nSPS) is 17.7. The number of anilines is 1. The van der Waals surface area contributed by atoms with Crippen LogP contribution in [0.5, 0.6) is 0 Å². The summed E-state index contributed by atoms with van der Waals surface area (Å²) in [6, 6.07) is 4.74. The van der Waals surface area contributed by atoms with Crippen LogP contribution in [0.2, 0.25) is 0 Å². The first-order valence-corrected chi connectivity index (χ1v) is 7.79. The maximum Gasteiger partial charge on any atom is 0.405 e. The molecule has 1 atom stereocenters. The summed E-state index contributed by atoms with van der Waals surface area (Å²) in [5, 5.41) is 15.2. The summed E-state index contributed by atoms with van der Waals surface area (Å²) in [5.74, 6) is -1.38. The van der Waals surface area contributed by atoms with E-state index in [1.165, 1.54) is 29.2 Å². The van der Waals surface area contributed by atoms with E-state index in [0.29, 0.717) is 19.4 Å². The first kappa shape index (κ1) is 19.6. The largest absolute Gasteiger partial charge is 0.405 e. The van der Waals surface area contributed by atoms with Crippen LogP contribution in [0, 0.1) is 10.1 Å². The number of nitro groups is 1. The number of carbonyl (C=O) groups excluding carboxylic acids is 2. The van der Waals surface area contributed by atoms with Gasteiger partial charge in [-0.1, -0.05) is 12.1 Å². The van der Waals surface area contributed by atoms with E-state index in [1.54, 1.807) is 0 Å². The average molecular weight is 374 g/mol. The van der Waals surface area contributed by atoms with Crippen LogP contribution in [-0.4, -0.2) is 53.5 Å². The quantitative estimate of drug-likeness (QED) is 0.582. The first-order chi connectivity index (χ1) is 12.2. The molecule has 1 aromatic carbocycles. The molecule has 0 saturated carbocycles. The Labute approximate surface area is 146 Å². The fourth-order valence-electron chi connectivity index (χ4n) is 2.73. The van der Waals surface area contributed by atoms with E-state index in [4.69, 9.17) is 0 Å². The Morgan fingerprint density at radius 1 is 1.31 bits per heavy atom. The monoisotopic (exact) mass is 374 g/mol. The summed E-state index contributed by atoms with van der Waals surface area (Å²) in [5.41, 5.74) is -0.262. The average Bonchev–Trinajstić information content (AvgIpc) is 3.00. The van der Waals surface area contributed by atoms with Gasteiger partial charge in [0.2, 0.25) is 11.8 Å². The van der Waals surface area contributed by atoms with Crippen LogP contribution in [0.15, 0.2) is 24.3 Å². The number of halogens is 3. The highest BCUT2D eigenvalue weighted by Gasteiger charge is 2.35. The lowest BCUT2D eigenvalue weighted by Crippen LogP contribution is -2.47. The molecule has 142 valence electrons. The summed E-state index contributed by atoms with van der Waals surface area (Å²) in [6.07, 6.45) is -3.62. The maximum atomic E-state index is 12.2. The van der Waals surface area contributed by atoms with Gasteiger partial charge in [0.15, 0.2) is 0 Å². The zero-order valence-electron chi connectivity index (χ0n) is 13.6. The van der Waals surface area contributed by atoms with Crippen LogP contribution in [0.1, 0.15) is 12.8 Å². The lowest BCUT2D eigenvalue weighted by Gasteiger charge is -2.23. The van der Waals surface area contributed by atoms with Gasteiger partial charge in [-0.15, -0.1) is 0 Å². The molecule has 0 aliphatic carbocycles. The minimum absolute atomic E-state index is 0.0137. The van der Waals surface area contributed by atoms with Crippen molar-refractivity contribution >= 4 is 23.2 Å². The molecule has 0 spiro atoms. The molecule has 1 saturated heterocycles. The Balaban J connectivity index is 1.95. The van der Waals surface area contributed by atoms with E-state index in [2.05, 4.69) is 5.32 Å². The molecule has 11 heteroatoms. The zero-order chi connectivity index (χ0) is 19.3. The zero-order valence-corrected chi connectivity index (χ0v) is 13.6. The third-order valence-electron chi connectivity index (χ3n) is 3.85. The van der Waals surface area contributed by atoms with Crippen molar-refractivity contribution in [3.05, 3.63) is 34.4 Å². The van der Waals surface area contributed by atoms with Crippen LogP contribution >= 0.6 is 0 Å². The number of carbonyl (C=O) groups is 2. The van der Waals surface area contributed by atoms with E-state index in [1.807, 2.05) is 5.32 Å². The van der Waals surface area contributed by atoms with Gasteiger partial charge in [0.05, 0.1) is 17.5 Å². The molecule has 1 fully saturated rings. The van der Waals surface area contributed by atoms with Gasteiger partial charge >= 0.3 is 6.18 Å². The topological polar surface area (TPSA) is 105 Å². The molecule has 1 aromatic rings. The molecule has 0 bridgehead atoms. The van der Waals surface area contributed by atoms with Crippen LogP contribution in [0.25, 0.3) is 0 Å². The van der Waals surface area contributed by atoms with Gasteiger partial charge in [-0.05, 0) is 25.5 Å². The van der Waals surface area contributed by atoms with E-state index >= 15 is 0 Å². The van der Waals surface area contributed by atoms with Crippen LogP contribution < -0.4 is 10.6 Å². The molecule has 26 heavy (non-hydrogen) atoms. The summed E-state index contributed by atoms with van der Waals surface area (Å²) in [6.45, 7) is -1.32. The van der Waals surface area contributed by atoms with Gasteiger partial charge in [-0.2, -0.15) is 13.2 Å². The van der Waals surface area contributed by atoms with E-state index in [0.717, 1.165) is 0 Å². The third kappa shape index (κ3) is 5.41. The van der Waals surface area contributed by atoms with Crippen molar-refractivity contribution in [3.63, 3.8) is 0 Å². The Morgan fingerprint density at radius 2 is 2.00 bits per heavy atom. The fraction of sp³-hybridized carbons (Fsp3) is 0.467. The Bertz CT molecular complexity index is 696. The number of alkyl halides is 3. The van der Waals surface area contributed by atoms with Crippen molar-refractivity contribution in [3.8, 4) is 0 Å². The van der Waals surface area contributed by atoms with Crippen LogP contribution in [-0.2, 0) is 9.59 Å². The van der Waals surface area contributed by atoms with Gasteiger partial charge in [0.1, 0.15) is 12.2 Å². The van der Waals surface area contributed by atoms with Gasteiger partial charge in [-0.3, -0.25) is 24.6 Å². The Morgan fingerprint density at radius 3 is 2.65 bits per heavy atom. The minimum Gasteiger partial charge on any atom is -0.346 e. The number of benzene rings is 1. The number of likely N-dealkylation sites (tertiary alicyclic amines) is 1. The van der Waals surface area contributed by atoms with Crippen molar-refractivity contribution < 1.29 is 27.7 Å². The predicted molar refractivity (Wildman–Crippen MR) is 85.4 cm³/mol. The molecule has 0 unspecified atom stereocenters. The summed E-state index contributed by atoms with van der Waals surface area (Å²) >= 11 is 0. The molecule has 2 N–H and O–H groups in total. The first-order valence-electron chi connectivity index (χ1n) is 7.79. The number of nitrogens with zero attached hydrogens (tertiary/aromatic N) is 2. The van der Waals surface area contributed by atoms with Crippen molar-refractivity contribution in [2.24, 2.45) is 0 Å².